The van der Waals surface area contributed by atoms with E-state index in [0.29, 0.717) is 60.0 Å². The van der Waals surface area contributed by atoms with E-state index in [0.717, 1.165) is 6.42 Å². The fourth-order valence-electron chi connectivity index (χ4n) is 4.68. The summed E-state index contributed by atoms with van der Waals surface area (Å²) in [5.74, 6) is -2.67. The van der Waals surface area contributed by atoms with Gasteiger partial charge in [0.05, 0.1) is 4.91 Å². The Bertz CT molecular complexity index is 1380. The fraction of sp³-hybridized carbons (Fsp3) is 0.469. The van der Waals surface area contributed by atoms with Crippen LogP contribution in [0, 0.1) is 0 Å². The third-order valence-electron chi connectivity index (χ3n) is 7.31. The standard InChI is InChI=1S/C32H47N9O5S2/c1-3-5-9-22(26(34)42)38-28(44)23(10-6-7-16-33)40-29(45)24(11-8-17-37-31(35)36)39-27(43)21-14-12-20(13-15-21)19-25-30(46)41(18-4-2)32(47)48-25/h4,12-15,19,22-24H,2-3,5-11,16-18,33H2,1H3,(H2,34,42)(H,38,44)(H,39,43)(H,40,45)(H4,35,36,37)/b25-19-/t22-,23-,24-/m0/s1. The Kier molecular flexibility index (Phi) is 17.3. The molecular weight excluding hydrogens is 655 g/mol. The predicted octanol–water partition coefficient (Wildman–Crippen LogP) is 1.000. The molecule has 2 rings (SSSR count). The number of nitrogens with one attached hydrogen (secondary N) is 3. The molecule has 48 heavy (non-hydrogen) atoms. The van der Waals surface area contributed by atoms with E-state index >= 15 is 0 Å². The number of nitrogens with two attached hydrogens (primary N) is 4. The molecule has 16 heteroatoms. The van der Waals surface area contributed by atoms with Crippen LogP contribution in [0.4, 0.5) is 0 Å². The second-order valence-electron chi connectivity index (χ2n) is 11.1. The number of hydrogen-bond donors (Lipinski definition) is 7. The third-order valence-corrected chi connectivity index (χ3v) is 8.69. The largest absolute Gasteiger partial charge is 0.370 e. The first-order valence-electron chi connectivity index (χ1n) is 15.8. The maximum Gasteiger partial charge on any atom is 0.266 e. The molecule has 14 nitrogen and oxygen atoms in total. The quantitative estimate of drug-likeness (QED) is 0.0240. The molecule has 0 bridgehead atoms. The minimum absolute atomic E-state index is 0.105. The number of aliphatic imine (C=N–C) groups is 1. The summed E-state index contributed by atoms with van der Waals surface area (Å²) in [4.78, 5) is 70.6. The molecule has 1 aliphatic rings. The van der Waals surface area contributed by atoms with E-state index in [4.69, 9.17) is 35.2 Å². The maximum absolute atomic E-state index is 13.6. The number of amides is 5. The van der Waals surface area contributed by atoms with E-state index in [1.807, 2.05) is 6.92 Å². The van der Waals surface area contributed by atoms with Gasteiger partial charge in [-0.1, -0.05) is 62.0 Å². The maximum atomic E-state index is 13.6. The number of rotatable bonds is 21. The fourth-order valence-corrected chi connectivity index (χ4v) is 5.96. The van der Waals surface area contributed by atoms with Crippen molar-refractivity contribution in [1.82, 2.24) is 20.9 Å². The summed E-state index contributed by atoms with van der Waals surface area (Å²) in [6.45, 7) is 6.53. The van der Waals surface area contributed by atoms with Crippen molar-refractivity contribution in [2.45, 2.75) is 76.4 Å². The zero-order valence-electron chi connectivity index (χ0n) is 27.2. The minimum Gasteiger partial charge on any atom is -0.370 e. The van der Waals surface area contributed by atoms with E-state index in [1.54, 1.807) is 36.4 Å². The monoisotopic (exact) mass is 701 g/mol. The molecule has 1 fully saturated rings. The van der Waals surface area contributed by atoms with Crippen LogP contribution >= 0.6 is 24.0 Å². The van der Waals surface area contributed by atoms with Gasteiger partial charge < -0.3 is 38.9 Å². The summed E-state index contributed by atoms with van der Waals surface area (Å²) in [7, 11) is 0. The summed E-state index contributed by atoms with van der Waals surface area (Å²) in [5, 5.41) is 8.16. The van der Waals surface area contributed by atoms with Crippen LogP contribution in [0.25, 0.3) is 6.08 Å². The van der Waals surface area contributed by atoms with Gasteiger partial charge in [-0.25, -0.2) is 0 Å². The highest BCUT2D eigenvalue weighted by molar-refractivity contribution is 8.26. The number of carbonyl (C=O) groups is 5. The lowest BCUT2D eigenvalue weighted by Crippen LogP contribution is -2.56. The van der Waals surface area contributed by atoms with Gasteiger partial charge in [0.1, 0.15) is 22.4 Å². The SMILES string of the molecule is C=CCN1C(=O)/C(=C/c2ccc(C(=O)N[C@@H](CCCN=C(N)N)C(=O)N[C@@H](CCCCN)C(=O)N[C@@H](CCCC)C(N)=O)cc2)SC1=S. The predicted molar refractivity (Wildman–Crippen MR) is 193 cm³/mol. The highest BCUT2D eigenvalue weighted by Gasteiger charge is 2.31. The molecular formula is C32H47N9O5S2. The van der Waals surface area contributed by atoms with Crippen molar-refractivity contribution in [3.8, 4) is 0 Å². The number of benzene rings is 1. The third kappa shape index (κ3) is 13.1. The minimum atomic E-state index is -1.05. The Hall–Kier alpha value is -4.28. The Labute approximate surface area is 290 Å². The highest BCUT2D eigenvalue weighted by Crippen LogP contribution is 2.32. The molecule has 1 aromatic carbocycles. The first-order valence-corrected chi connectivity index (χ1v) is 17.1. The van der Waals surface area contributed by atoms with Gasteiger partial charge >= 0.3 is 0 Å². The van der Waals surface area contributed by atoms with Crippen molar-refractivity contribution in [2.24, 2.45) is 27.9 Å². The van der Waals surface area contributed by atoms with E-state index in [1.165, 1.54) is 16.7 Å². The number of nitrogens with zero attached hydrogens (tertiary/aromatic N) is 2. The molecule has 0 radical (unpaired) electrons. The summed E-state index contributed by atoms with van der Waals surface area (Å²) in [5.41, 5.74) is 23.0. The van der Waals surface area contributed by atoms with Crippen LogP contribution in [0.5, 0.6) is 0 Å². The summed E-state index contributed by atoms with van der Waals surface area (Å²) >= 11 is 6.47. The van der Waals surface area contributed by atoms with Crippen molar-refractivity contribution in [1.29, 1.82) is 0 Å². The number of carbonyl (C=O) groups excluding carboxylic acids is 5. The molecule has 11 N–H and O–H groups in total. The normalized spacial score (nSPS) is 15.4. The number of guanidine groups is 1. The van der Waals surface area contributed by atoms with Crippen LogP contribution in [-0.2, 0) is 19.2 Å². The van der Waals surface area contributed by atoms with Gasteiger partial charge in [-0.2, -0.15) is 0 Å². The lowest BCUT2D eigenvalue weighted by molar-refractivity contribution is -0.132. The van der Waals surface area contributed by atoms with Gasteiger partial charge in [0, 0.05) is 18.7 Å². The zero-order chi connectivity index (χ0) is 35.6. The van der Waals surface area contributed by atoms with E-state index in [2.05, 4.69) is 27.5 Å². The van der Waals surface area contributed by atoms with Crippen molar-refractivity contribution < 1.29 is 24.0 Å². The summed E-state index contributed by atoms with van der Waals surface area (Å²) < 4.78 is 0.439. The molecule has 262 valence electrons. The van der Waals surface area contributed by atoms with Crippen molar-refractivity contribution in [3.05, 3.63) is 53.0 Å². The Morgan fingerprint density at radius 1 is 0.938 bits per heavy atom. The summed E-state index contributed by atoms with van der Waals surface area (Å²) in [6, 6.07) is 3.57. The molecule has 0 spiro atoms. The van der Waals surface area contributed by atoms with Gasteiger partial charge in [0.2, 0.25) is 17.7 Å². The van der Waals surface area contributed by atoms with E-state index in [9.17, 15) is 24.0 Å². The highest BCUT2D eigenvalue weighted by atomic mass is 32.2. The van der Waals surface area contributed by atoms with Crippen LogP contribution in [0.15, 0.2) is 46.8 Å². The number of primary amides is 1. The van der Waals surface area contributed by atoms with E-state index < -0.39 is 41.8 Å². The Morgan fingerprint density at radius 3 is 2.12 bits per heavy atom. The van der Waals surface area contributed by atoms with Crippen LogP contribution in [-0.4, -0.2) is 82.5 Å². The van der Waals surface area contributed by atoms with Crippen LogP contribution in [0.1, 0.15) is 74.2 Å². The molecule has 1 saturated heterocycles. The second kappa shape index (κ2) is 20.8. The van der Waals surface area contributed by atoms with Gasteiger partial charge in [-0.15, -0.1) is 6.58 Å². The van der Waals surface area contributed by atoms with E-state index in [-0.39, 0.29) is 36.8 Å². The molecule has 0 aliphatic carbocycles. The second-order valence-corrected chi connectivity index (χ2v) is 12.8. The van der Waals surface area contributed by atoms with Crippen molar-refractivity contribution >= 4 is 69.9 Å². The number of hydrogen-bond acceptors (Lipinski definition) is 9. The van der Waals surface area contributed by atoms with Gasteiger partial charge in [0.15, 0.2) is 5.96 Å². The van der Waals surface area contributed by atoms with Crippen LogP contribution < -0.4 is 38.9 Å². The molecule has 1 aromatic rings. The van der Waals surface area contributed by atoms with Gasteiger partial charge in [0.25, 0.3) is 11.8 Å². The topological polar surface area (TPSA) is 241 Å². The molecule has 1 heterocycles. The van der Waals surface area contributed by atoms with Crippen LogP contribution in [0.3, 0.4) is 0 Å². The number of unbranched alkanes of at least 4 members (excludes halogenated alkanes) is 2. The molecule has 0 aromatic heterocycles. The molecule has 1 aliphatic heterocycles. The summed E-state index contributed by atoms with van der Waals surface area (Å²) in [6.07, 6.45) is 7.07. The first-order chi connectivity index (χ1) is 22.9. The molecule has 5 amide bonds. The Morgan fingerprint density at radius 2 is 1.54 bits per heavy atom. The smallest absolute Gasteiger partial charge is 0.266 e. The average molecular weight is 702 g/mol. The average Bonchev–Trinajstić information content (AvgIpc) is 3.31. The van der Waals surface area contributed by atoms with Crippen LogP contribution in [0.2, 0.25) is 0 Å². The zero-order valence-corrected chi connectivity index (χ0v) is 28.9. The molecule has 0 unspecified atom stereocenters. The Balaban J connectivity index is 2.22. The van der Waals surface area contributed by atoms with Crippen molar-refractivity contribution in [2.75, 3.05) is 19.6 Å². The molecule has 3 atom stereocenters. The lowest BCUT2D eigenvalue weighted by Gasteiger charge is -2.25. The van der Waals surface area contributed by atoms with Crippen molar-refractivity contribution in [3.63, 3.8) is 0 Å². The lowest BCUT2D eigenvalue weighted by atomic mass is 10.0. The number of thiocarbonyl (C=S) groups is 1. The molecule has 0 saturated carbocycles. The van der Waals surface area contributed by atoms with Gasteiger partial charge in [-0.3, -0.25) is 33.9 Å². The van der Waals surface area contributed by atoms with Gasteiger partial charge in [-0.05, 0) is 68.8 Å². The first kappa shape index (κ1) is 39.9. The number of thioether (sulfide) groups is 1.